The molecule has 2 rings (SSSR count). The van der Waals surface area contributed by atoms with E-state index in [-0.39, 0.29) is 17.9 Å². The van der Waals surface area contributed by atoms with E-state index >= 15 is 0 Å². The molecule has 1 aliphatic carbocycles. The first-order valence-corrected chi connectivity index (χ1v) is 12.0. The molecule has 1 saturated carbocycles. The Bertz CT molecular complexity index is 792. The first-order chi connectivity index (χ1) is 15.7. The average molecular weight is 466 g/mol. The fourth-order valence-electron chi connectivity index (χ4n) is 4.30. The van der Waals surface area contributed by atoms with Crippen molar-refractivity contribution in [3.8, 4) is 0 Å². The minimum Gasteiger partial charge on any atom is -0.344 e. The summed E-state index contributed by atoms with van der Waals surface area (Å²) in [6.07, 6.45) is 7.77. The molecule has 33 heavy (non-hydrogen) atoms. The van der Waals surface area contributed by atoms with Gasteiger partial charge in [-0.1, -0.05) is 45.4 Å². The number of benzene rings is 1. The summed E-state index contributed by atoms with van der Waals surface area (Å²) in [5.74, 6) is -2.24. The zero-order chi connectivity index (χ0) is 24.4. The maximum atomic E-state index is 13.4. The van der Waals surface area contributed by atoms with E-state index in [9.17, 15) is 23.2 Å². The summed E-state index contributed by atoms with van der Waals surface area (Å²) < 4.78 is 26.7. The Morgan fingerprint density at radius 1 is 1.06 bits per heavy atom. The Morgan fingerprint density at radius 3 is 2.30 bits per heavy atom. The smallest absolute Gasteiger partial charge is 0.244 e. The van der Waals surface area contributed by atoms with E-state index in [1.54, 1.807) is 11.9 Å². The SMILES string of the molecule is CCCCN(C)C(=O)[C@H](CC1CCCCC1)NC(=O)[C@H](C)NC(=O)Cc1cc(F)cc(F)c1. The Morgan fingerprint density at radius 2 is 1.70 bits per heavy atom. The zero-order valence-electron chi connectivity index (χ0n) is 20.0. The van der Waals surface area contributed by atoms with Gasteiger partial charge in [0.15, 0.2) is 0 Å². The van der Waals surface area contributed by atoms with Crippen molar-refractivity contribution in [2.24, 2.45) is 5.92 Å². The van der Waals surface area contributed by atoms with E-state index in [0.717, 1.165) is 56.7 Å². The second kappa shape index (κ2) is 13.3. The highest BCUT2D eigenvalue weighted by atomic mass is 19.1. The summed E-state index contributed by atoms with van der Waals surface area (Å²) in [5.41, 5.74) is 0.181. The van der Waals surface area contributed by atoms with Crippen molar-refractivity contribution in [2.75, 3.05) is 13.6 Å². The summed E-state index contributed by atoms with van der Waals surface area (Å²) >= 11 is 0. The molecule has 0 heterocycles. The third-order valence-corrected chi connectivity index (χ3v) is 6.19. The van der Waals surface area contributed by atoms with Crippen molar-refractivity contribution in [1.29, 1.82) is 0 Å². The van der Waals surface area contributed by atoms with E-state index in [1.807, 2.05) is 0 Å². The van der Waals surface area contributed by atoms with Gasteiger partial charge in [-0.3, -0.25) is 14.4 Å². The van der Waals surface area contributed by atoms with Crippen molar-refractivity contribution in [3.63, 3.8) is 0 Å². The molecule has 184 valence electrons. The molecule has 1 fully saturated rings. The van der Waals surface area contributed by atoms with Crippen LogP contribution >= 0.6 is 0 Å². The van der Waals surface area contributed by atoms with E-state index in [0.29, 0.717) is 18.9 Å². The van der Waals surface area contributed by atoms with E-state index < -0.39 is 35.5 Å². The van der Waals surface area contributed by atoms with Gasteiger partial charge in [-0.05, 0) is 43.4 Å². The van der Waals surface area contributed by atoms with Crippen LogP contribution in [-0.2, 0) is 20.8 Å². The molecule has 1 aromatic carbocycles. The molecule has 0 bridgehead atoms. The fraction of sp³-hybridized carbons (Fsp3) is 0.640. The van der Waals surface area contributed by atoms with Gasteiger partial charge in [-0.15, -0.1) is 0 Å². The first kappa shape index (κ1) is 26.7. The molecule has 2 N–H and O–H groups in total. The van der Waals surface area contributed by atoms with Crippen LogP contribution < -0.4 is 10.6 Å². The highest BCUT2D eigenvalue weighted by Crippen LogP contribution is 2.27. The van der Waals surface area contributed by atoms with Crippen molar-refractivity contribution in [3.05, 3.63) is 35.4 Å². The summed E-state index contributed by atoms with van der Waals surface area (Å²) in [4.78, 5) is 39.8. The van der Waals surface area contributed by atoms with E-state index in [2.05, 4.69) is 17.6 Å². The number of likely N-dealkylation sites (N-methyl/N-ethyl adjacent to an activating group) is 1. The molecule has 0 aromatic heterocycles. The topological polar surface area (TPSA) is 78.5 Å². The lowest BCUT2D eigenvalue weighted by Crippen LogP contribution is -2.53. The van der Waals surface area contributed by atoms with Crippen LogP contribution in [0.1, 0.15) is 70.8 Å². The number of nitrogens with one attached hydrogen (secondary N) is 2. The van der Waals surface area contributed by atoms with Crippen LogP contribution in [0.4, 0.5) is 8.78 Å². The van der Waals surface area contributed by atoms with Gasteiger partial charge in [0.05, 0.1) is 6.42 Å². The molecule has 0 saturated heterocycles. The number of hydrogen-bond donors (Lipinski definition) is 2. The molecular weight excluding hydrogens is 428 g/mol. The Hall–Kier alpha value is -2.51. The molecule has 1 aliphatic rings. The predicted molar refractivity (Wildman–Crippen MR) is 123 cm³/mol. The van der Waals surface area contributed by atoms with Crippen molar-refractivity contribution in [1.82, 2.24) is 15.5 Å². The van der Waals surface area contributed by atoms with Gasteiger partial charge in [0.2, 0.25) is 17.7 Å². The number of carbonyl (C=O) groups is 3. The van der Waals surface area contributed by atoms with Gasteiger partial charge in [-0.2, -0.15) is 0 Å². The third-order valence-electron chi connectivity index (χ3n) is 6.19. The van der Waals surface area contributed by atoms with Crippen LogP contribution in [0.25, 0.3) is 0 Å². The lowest BCUT2D eigenvalue weighted by molar-refractivity contribution is -0.136. The number of amides is 3. The Labute approximate surface area is 195 Å². The van der Waals surface area contributed by atoms with Gasteiger partial charge in [0.25, 0.3) is 0 Å². The summed E-state index contributed by atoms with van der Waals surface area (Å²) in [5, 5.41) is 5.40. The predicted octanol–water partition coefficient (Wildman–Crippen LogP) is 3.73. The largest absolute Gasteiger partial charge is 0.344 e. The summed E-state index contributed by atoms with van der Waals surface area (Å²) in [6, 6.07) is 1.37. The van der Waals surface area contributed by atoms with Crippen molar-refractivity contribution < 1.29 is 23.2 Å². The lowest BCUT2D eigenvalue weighted by atomic mass is 9.84. The number of carbonyl (C=O) groups excluding carboxylic acids is 3. The normalized spacial score (nSPS) is 16.0. The highest BCUT2D eigenvalue weighted by molar-refractivity contribution is 5.92. The summed E-state index contributed by atoms with van der Waals surface area (Å²) in [7, 11) is 1.75. The molecule has 6 nitrogen and oxygen atoms in total. The number of unbranched alkanes of at least 4 members (excludes halogenated alkanes) is 1. The second-order valence-corrected chi connectivity index (χ2v) is 9.16. The van der Waals surface area contributed by atoms with Crippen LogP contribution in [0, 0.1) is 17.6 Å². The van der Waals surface area contributed by atoms with Gasteiger partial charge in [0.1, 0.15) is 23.7 Å². The monoisotopic (exact) mass is 465 g/mol. The number of hydrogen-bond acceptors (Lipinski definition) is 3. The van der Waals surface area contributed by atoms with Crippen molar-refractivity contribution >= 4 is 17.7 Å². The average Bonchev–Trinajstić information content (AvgIpc) is 2.76. The minimum atomic E-state index is -0.890. The molecule has 2 atom stereocenters. The molecule has 3 amide bonds. The highest BCUT2D eigenvalue weighted by Gasteiger charge is 2.29. The minimum absolute atomic E-state index is 0.115. The quantitative estimate of drug-likeness (QED) is 0.523. The van der Waals surface area contributed by atoms with Crippen molar-refractivity contribution in [2.45, 2.75) is 83.7 Å². The molecular formula is C25H37F2N3O3. The number of nitrogens with zero attached hydrogens (tertiary/aromatic N) is 1. The zero-order valence-corrected chi connectivity index (χ0v) is 20.0. The molecule has 8 heteroatoms. The van der Waals surface area contributed by atoms with Gasteiger partial charge < -0.3 is 15.5 Å². The fourth-order valence-corrected chi connectivity index (χ4v) is 4.30. The van der Waals surface area contributed by atoms with Gasteiger partial charge in [-0.25, -0.2) is 8.78 Å². The van der Waals surface area contributed by atoms with Crippen LogP contribution in [-0.4, -0.2) is 48.3 Å². The van der Waals surface area contributed by atoms with Crippen LogP contribution in [0.3, 0.4) is 0 Å². The maximum Gasteiger partial charge on any atom is 0.244 e. The second-order valence-electron chi connectivity index (χ2n) is 9.16. The standard InChI is InChI=1S/C25H37F2N3O3/c1-4-5-11-30(3)25(33)22(14-18-9-7-6-8-10-18)29-24(32)17(2)28-23(31)15-19-12-20(26)16-21(27)13-19/h12-13,16-18,22H,4-11,14-15H2,1-3H3,(H,28,31)(H,29,32)/t17-,22-/m0/s1. The third kappa shape index (κ3) is 9.10. The van der Waals surface area contributed by atoms with Crippen LogP contribution in [0.15, 0.2) is 18.2 Å². The summed E-state index contributed by atoms with van der Waals surface area (Å²) in [6.45, 7) is 4.22. The first-order valence-electron chi connectivity index (χ1n) is 12.0. The van der Waals surface area contributed by atoms with E-state index in [4.69, 9.17) is 0 Å². The molecule has 0 aliphatic heterocycles. The number of rotatable bonds is 11. The Kier molecular flexibility index (Phi) is 10.7. The number of halogens is 2. The van der Waals surface area contributed by atoms with Gasteiger partial charge in [0, 0.05) is 19.7 Å². The lowest BCUT2D eigenvalue weighted by Gasteiger charge is -2.30. The molecule has 0 unspecified atom stereocenters. The van der Waals surface area contributed by atoms with Gasteiger partial charge >= 0.3 is 0 Å². The molecule has 1 aromatic rings. The molecule has 0 spiro atoms. The van der Waals surface area contributed by atoms with E-state index in [1.165, 1.54) is 13.3 Å². The van der Waals surface area contributed by atoms with Crippen LogP contribution in [0.5, 0.6) is 0 Å². The Balaban J connectivity index is 1.98. The molecule has 0 radical (unpaired) electrons. The maximum absolute atomic E-state index is 13.4. The van der Waals surface area contributed by atoms with Crippen LogP contribution in [0.2, 0.25) is 0 Å².